The van der Waals surface area contributed by atoms with Crippen LogP contribution in [0.3, 0.4) is 0 Å². The van der Waals surface area contributed by atoms with E-state index in [9.17, 15) is 61.7 Å². The summed E-state index contributed by atoms with van der Waals surface area (Å²) in [5.74, 6) is -2.40. The molecule has 444 valence electrons. The number of nitro benzene ring substituents is 3. The molecule has 4 N–H and O–H groups in total. The van der Waals surface area contributed by atoms with Crippen LogP contribution in [-0.2, 0) is 17.8 Å². The molecule has 0 atom stereocenters. The van der Waals surface area contributed by atoms with Gasteiger partial charge in [-0.05, 0) is 106 Å². The van der Waals surface area contributed by atoms with E-state index in [1.54, 1.807) is 66.7 Å². The van der Waals surface area contributed by atoms with Crippen LogP contribution in [0.2, 0.25) is 15.2 Å². The molecule has 0 radical (unpaired) electrons. The van der Waals surface area contributed by atoms with E-state index in [1.807, 2.05) is 0 Å². The Bertz CT molecular complexity index is 4290. The van der Waals surface area contributed by atoms with Crippen LogP contribution in [0.4, 0.5) is 56.2 Å². The number of hydrogen-bond acceptors (Lipinski definition) is 18. The molecule has 0 bridgehead atoms. The van der Waals surface area contributed by atoms with Crippen LogP contribution in [-0.4, -0.2) is 44.7 Å². The highest BCUT2D eigenvalue weighted by atomic mass is 36.0. The van der Waals surface area contributed by atoms with Gasteiger partial charge in [0.1, 0.15) is 60.0 Å². The monoisotopic (exact) mass is 1320 g/mol. The molecule has 0 fully saturated rings. The number of aromatic amines is 1. The average Bonchev–Trinajstić information content (AvgIpc) is 3.56. The van der Waals surface area contributed by atoms with Gasteiger partial charge in [-0.3, -0.25) is 39.7 Å². The average molecular weight is 1330 g/mol. The van der Waals surface area contributed by atoms with E-state index in [0.717, 1.165) is 54.6 Å². The predicted molar refractivity (Wildman–Crippen MR) is 315 cm³/mol. The lowest BCUT2D eigenvalue weighted by Crippen LogP contribution is -2.07. The molecule has 3 heterocycles. The Hall–Kier alpha value is -9.13. The molecule has 0 aliphatic heterocycles. The molecule has 0 aliphatic carbocycles. The van der Waals surface area contributed by atoms with Crippen molar-refractivity contribution in [2.24, 2.45) is 0 Å². The maximum absolute atomic E-state index is 13.9. The number of anilines is 3. The Balaban J connectivity index is 0.000000210. The number of aromatic nitrogens is 6. The van der Waals surface area contributed by atoms with Crippen molar-refractivity contribution in [2.45, 2.75) is 20.1 Å². The number of nitro groups is 3. The van der Waals surface area contributed by atoms with Crippen molar-refractivity contribution in [1.82, 2.24) is 29.9 Å². The molecule has 0 aliphatic rings. The number of nitrogens with two attached hydrogens (primary N) is 1. The van der Waals surface area contributed by atoms with Crippen molar-refractivity contribution in [3.8, 4) is 17.6 Å². The van der Waals surface area contributed by atoms with Crippen molar-refractivity contribution >= 4 is 141 Å². The fourth-order valence-electron chi connectivity index (χ4n) is 6.74. The van der Waals surface area contributed by atoms with Gasteiger partial charge in [-0.1, -0.05) is 59.1 Å². The van der Waals surface area contributed by atoms with E-state index >= 15 is 0 Å². The van der Waals surface area contributed by atoms with Gasteiger partial charge in [0, 0.05) is 60.1 Å². The molecule has 7 aromatic carbocycles. The van der Waals surface area contributed by atoms with Gasteiger partial charge in [0.15, 0.2) is 0 Å². The summed E-state index contributed by atoms with van der Waals surface area (Å²) in [6, 6.07) is 29.7. The lowest BCUT2D eigenvalue weighted by atomic mass is 10.2. The predicted octanol–water partition coefficient (Wildman–Crippen LogP) is 16.1. The molecular weight excluding hydrogens is 1290 g/mol. The highest BCUT2D eigenvalue weighted by molar-refractivity contribution is 8.24. The highest BCUT2D eigenvalue weighted by Gasteiger charge is 2.20. The fourth-order valence-corrected chi connectivity index (χ4v) is 7.41. The van der Waals surface area contributed by atoms with Crippen LogP contribution in [0.1, 0.15) is 18.1 Å². The number of halogens is 11. The molecule has 0 amide bonds. The number of fused-ring (bicyclic) bond motifs is 3. The topological polar surface area (TPSA) is 324 Å². The minimum Gasteiger partial charge on any atom is -0.487 e. The number of rotatable bonds is 11. The van der Waals surface area contributed by atoms with Gasteiger partial charge in [-0.15, -0.1) is 0 Å². The molecule has 0 saturated heterocycles. The van der Waals surface area contributed by atoms with Gasteiger partial charge in [0.25, 0.3) is 5.56 Å². The van der Waals surface area contributed by atoms with Crippen molar-refractivity contribution in [3.05, 3.63) is 236 Å². The van der Waals surface area contributed by atoms with Gasteiger partial charge in [-0.25, -0.2) is 33.7 Å². The number of nitrogen functional groups attached to an aromatic ring is 1. The largest absolute Gasteiger partial charge is 0.487 e. The molecule has 10 aromatic rings. The van der Waals surface area contributed by atoms with Crippen molar-refractivity contribution in [2.75, 3.05) is 11.1 Å². The molecule has 10 rings (SSSR count). The van der Waals surface area contributed by atoms with E-state index in [-0.39, 0.29) is 73.6 Å². The number of nitrogens with zero attached hydrogens (tertiary/aromatic N) is 9. The normalized spacial score (nSPS) is 10.4. The zero-order chi connectivity index (χ0) is 63.4. The van der Waals surface area contributed by atoms with Crippen LogP contribution in [0.5, 0.6) is 11.5 Å². The first-order valence-corrected chi connectivity index (χ1v) is 28.7. The number of H-pyrrole nitrogens is 1. The Morgan fingerprint density at radius 1 is 0.616 bits per heavy atom. The third-order valence-electron chi connectivity index (χ3n) is 10.4. The zero-order valence-electron chi connectivity index (χ0n) is 43.0. The minimum atomic E-state index is -3.22. The number of hydrogen-bond donors (Lipinski definition) is 3. The Morgan fingerprint density at radius 2 is 1.05 bits per heavy atom. The maximum Gasteiger partial charge on any atom is 0.339 e. The second-order valence-corrected chi connectivity index (χ2v) is 24.1. The van der Waals surface area contributed by atoms with Crippen molar-refractivity contribution in [1.29, 1.82) is 5.26 Å². The Morgan fingerprint density at radius 3 is 1.51 bits per heavy atom. The zero-order valence-corrected chi connectivity index (χ0v) is 48.4. The van der Waals surface area contributed by atoms with E-state index in [0.29, 0.717) is 33.5 Å². The van der Waals surface area contributed by atoms with Gasteiger partial charge in [0.2, 0.25) is 17.5 Å². The SMILES string of the molecule is CC#N.Nc1ccc(OCc2cccc(F)c2)c(Cl)c1.O=P(Cl)(Cl)Cl.O=[N+]([O-])c1cc2c(Cl)ncnc2cc1F.O=[N+]([O-])c1cc2c(Nc3ccc(OCc4cccc(F)c4)c(Cl)c3)ncnc2cc1F.O=c1[nH]cnc2cc(F)c([N+](=O)[O-])cc12. The highest BCUT2D eigenvalue weighted by Crippen LogP contribution is 2.61. The quantitative estimate of drug-likeness (QED) is 0.0270. The van der Waals surface area contributed by atoms with Crippen molar-refractivity contribution in [3.63, 3.8) is 0 Å². The van der Waals surface area contributed by atoms with Crippen molar-refractivity contribution < 1.29 is 50.8 Å². The molecule has 22 nitrogen and oxygen atoms in total. The summed E-state index contributed by atoms with van der Waals surface area (Å²) < 4.78 is 87.0. The minimum absolute atomic E-state index is 0.00870. The molecule has 34 heteroatoms. The summed E-state index contributed by atoms with van der Waals surface area (Å²) in [4.78, 5) is 62.0. The van der Waals surface area contributed by atoms with E-state index in [1.165, 1.54) is 37.5 Å². The smallest absolute Gasteiger partial charge is 0.339 e. The first-order chi connectivity index (χ1) is 40.6. The van der Waals surface area contributed by atoms with Crippen LogP contribution in [0.15, 0.2) is 145 Å². The summed E-state index contributed by atoms with van der Waals surface area (Å²) in [5.41, 5.74) is 6.00. The molecule has 3 aromatic heterocycles. The van der Waals surface area contributed by atoms with Gasteiger partial charge in [0.05, 0.1) is 64.5 Å². The van der Waals surface area contributed by atoms with Gasteiger partial charge in [-0.2, -0.15) is 18.4 Å². The van der Waals surface area contributed by atoms with Gasteiger partial charge < -0.3 is 25.5 Å². The van der Waals surface area contributed by atoms with E-state index in [2.05, 4.69) is 68.9 Å². The number of benzene rings is 7. The third kappa shape index (κ3) is 20.6. The molecule has 0 unspecified atom stereocenters. The van der Waals surface area contributed by atoms with E-state index < -0.39 is 60.0 Å². The van der Waals surface area contributed by atoms with Crippen LogP contribution in [0.25, 0.3) is 32.7 Å². The maximum atomic E-state index is 13.9. The molecular formula is C52H34Cl6F5N12O10P. The standard InChI is InChI=1S/C21H13ClF2N4O3.C13H11ClFNO.C8H3ClFN3O2.C8H4FN3O3.C2H3N.Cl3OP/c22-16-7-14(4-5-20(16)31-10-12-2-1-3-13(23)6-12)27-21-15-8-19(28(29)30)17(24)9-18(15)25-11-26-21;14-12-7-11(16)4-5-13(12)17-8-9-2-1-3-10(15)6-9;9-8-4-1-7(13(14)15)5(10)2-6(4)11-3-12-8;9-5-2-6-4(1-7(5)12(14)15)8(13)11-3-10-6;1-2-3;1-5(2,3)4/h1-9,11H,10H2,(H,25,26,27);1-7H,8,16H2;1-3H;1-3H,(H,10,11,13);1H3;. The summed E-state index contributed by atoms with van der Waals surface area (Å²) in [6.45, 7) is 1.83. The first kappa shape index (κ1) is 67.7. The van der Waals surface area contributed by atoms with Crippen LogP contribution < -0.4 is 26.1 Å². The summed E-state index contributed by atoms with van der Waals surface area (Å²) in [7, 11) is 0. The summed E-state index contributed by atoms with van der Waals surface area (Å²) >= 11 is 31.8. The lowest BCUT2D eigenvalue weighted by Gasteiger charge is -2.12. The molecule has 0 spiro atoms. The van der Waals surface area contributed by atoms with Crippen LogP contribution >= 0.6 is 73.7 Å². The second-order valence-electron chi connectivity index (χ2n) is 16.3. The lowest BCUT2D eigenvalue weighted by molar-refractivity contribution is -0.387. The summed E-state index contributed by atoms with van der Waals surface area (Å²) in [5, 5.41) is 40.3. The molecule has 0 saturated carbocycles. The number of nitriles is 1. The van der Waals surface area contributed by atoms with Crippen LogP contribution in [0, 0.1) is 70.8 Å². The summed E-state index contributed by atoms with van der Waals surface area (Å²) in [6.07, 6.45) is 3.49. The number of ether oxygens (including phenoxy) is 2. The Labute approximate surface area is 509 Å². The molecule has 86 heavy (non-hydrogen) atoms. The van der Waals surface area contributed by atoms with E-state index in [4.69, 9.17) is 55.3 Å². The third-order valence-corrected chi connectivity index (χ3v) is 11.3. The second kappa shape index (κ2) is 31.7. The van der Waals surface area contributed by atoms with Gasteiger partial charge >= 0.3 is 22.3 Å². The number of nitrogens with one attached hydrogen (secondary N) is 2. The fraction of sp³-hybridized carbons (Fsp3) is 0.0577. The Kier molecular flexibility index (Phi) is 24.9. The first-order valence-electron chi connectivity index (χ1n) is 23.2.